The molecule has 2 aliphatic heterocycles. The number of rotatable bonds is 4. The maximum Gasteiger partial charge on any atom is 0.430 e. The lowest BCUT2D eigenvalue weighted by Gasteiger charge is -2.33. The van der Waals surface area contributed by atoms with Gasteiger partial charge in [-0.15, -0.1) is 11.3 Å². The van der Waals surface area contributed by atoms with Crippen LogP contribution in [0.4, 0.5) is 35.1 Å². The molecule has 0 bridgehead atoms. The van der Waals surface area contributed by atoms with Crippen LogP contribution in [-0.4, -0.2) is 98.4 Å². The van der Waals surface area contributed by atoms with Crippen molar-refractivity contribution in [2.75, 3.05) is 38.2 Å². The van der Waals surface area contributed by atoms with Crippen molar-refractivity contribution < 1.29 is 54.0 Å². The highest BCUT2D eigenvalue weighted by Gasteiger charge is 2.72. The third-order valence-electron chi connectivity index (χ3n) is 7.32. The van der Waals surface area contributed by atoms with Crippen LogP contribution in [-0.2, 0) is 15.3 Å². The Morgan fingerprint density at radius 3 is 2.11 bits per heavy atom. The number of hydrogen-bond donors (Lipinski definition) is 1. The van der Waals surface area contributed by atoms with Gasteiger partial charge in [0.1, 0.15) is 5.69 Å². The van der Waals surface area contributed by atoms with Crippen molar-refractivity contribution in [3.8, 4) is 10.4 Å². The predicted molar refractivity (Wildman–Crippen MR) is 146 cm³/mol. The highest BCUT2D eigenvalue weighted by Crippen LogP contribution is 2.54. The van der Waals surface area contributed by atoms with E-state index in [4.69, 9.17) is 23.2 Å². The van der Waals surface area contributed by atoms with E-state index in [9.17, 15) is 54.0 Å². The molecular weight excluding hydrogens is 695 g/mol. The minimum absolute atomic E-state index is 0.0165. The van der Waals surface area contributed by atoms with Gasteiger partial charge in [0, 0.05) is 65.0 Å². The molecule has 1 N–H and O–H groups in total. The first-order valence-electron chi connectivity index (χ1n) is 12.5. The van der Waals surface area contributed by atoms with E-state index < -0.39 is 91.3 Å². The molecule has 0 aliphatic carbocycles. The Kier molecular flexibility index (Phi) is 9.05. The number of carbonyl (C=O) groups is 2. The van der Waals surface area contributed by atoms with Gasteiger partial charge in [-0.3, -0.25) is 9.59 Å². The molecular formula is C24H22Cl2F8N4O4S2. The zero-order valence-electron chi connectivity index (χ0n) is 22.5. The normalized spacial score (nSPS) is 20.6. The Labute approximate surface area is 259 Å². The number of carbonyl (C=O) groups excluding carboxylic acids is 2. The fourth-order valence-electron chi connectivity index (χ4n) is 4.87. The highest BCUT2D eigenvalue weighted by molar-refractivity contribution is 7.93. The van der Waals surface area contributed by atoms with E-state index in [1.165, 1.54) is 18.9 Å². The quantitative estimate of drug-likeness (QED) is 0.400. The Balaban J connectivity index is 1.85. The summed E-state index contributed by atoms with van der Waals surface area (Å²) in [6, 6.07) is -0.178. The van der Waals surface area contributed by atoms with Crippen molar-refractivity contribution in [3.05, 3.63) is 38.4 Å². The van der Waals surface area contributed by atoms with Gasteiger partial charge in [-0.2, -0.15) is 26.3 Å². The predicted octanol–water partition coefficient (Wildman–Crippen LogP) is 5.85. The maximum atomic E-state index is 14.1. The molecule has 2 saturated heterocycles. The third-order valence-corrected chi connectivity index (χ3v) is 11.6. The average Bonchev–Trinajstić information content (AvgIpc) is 3.48. The second-order valence-corrected chi connectivity index (χ2v) is 14.7. The number of hydrogen-bond acceptors (Lipinski definition) is 7. The summed E-state index contributed by atoms with van der Waals surface area (Å²) in [6.45, 7) is 0.273. The van der Waals surface area contributed by atoms with E-state index in [1.807, 2.05) is 0 Å². The van der Waals surface area contributed by atoms with Gasteiger partial charge in [0.2, 0.25) is 0 Å². The zero-order chi connectivity index (χ0) is 33.2. The minimum Gasteiger partial charge on any atom is -0.369 e. The molecule has 0 saturated carbocycles. The van der Waals surface area contributed by atoms with Gasteiger partial charge in [-0.1, -0.05) is 35.3 Å². The monoisotopic (exact) mass is 716 g/mol. The zero-order valence-corrected chi connectivity index (χ0v) is 25.7. The van der Waals surface area contributed by atoms with Crippen LogP contribution in [0.3, 0.4) is 0 Å². The summed E-state index contributed by atoms with van der Waals surface area (Å²) in [5, 5.41) is 7.14. The van der Waals surface area contributed by atoms with Crippen molar-refractivity contribution in [2.24, 2.45) is 4.36 Å². The average molecular weight is 717 g/mol. The summed E-state index contributed by atoms with van der Waals surface area (Å²) in [5.74, 6) is -5.08. The number of aromatic nitrogens is 1. The van der Waals surface area contributed by atoms with Crippen LogP contribution >= 0.6 is 34.5 Å². The fraction of sp³-hybridized carbons (Fsp3) is 0.542. The second-order valence-electron chi connectivity index (χ2n) is 10.2. The summed E-state index contributed by atoms with van der Waals surface area (Å²) in [6.07, 6.45) is -13.3. The third kappa shape index (κ3) is 5.99. The van der Waals surface area contributed by atoms with Gasteiger partial charge in [-0.05, 0) is 6.92 Å². The smallest absolute Gasteiger partial charge is 0.369 e. The van der Waals surface area contributed by atoms with Gasteiger partial charge in [0.05, 0.1) is 21.5 Å². The molecule has 0 spiro atoms. The molecule has 2 amide bonds. The van der Waals surface area contributed by atoms with Crippen LogP contribution in [0, 0.1) is 0 Å². The van der Waals surface area contributed by atoms with E-state index in [-0.39, 0.29) is 40.5 Å². The highest BCUT2D eigenvalue weighted by atomic mass is 35.5. The molecule has 1 aromatic heterocycles. The van der Waals surface area contributed by atoms with Gasteiger partial charge in [-0.25, -0.2) is 22.3 Å². The molecule has 8 nitrogen and oxygen atoms in total. The van der Waals surface area contributed by atoms with Crippen LogP contribution in [0.2, 0.25) is 10.0 Å². The second kappa shape index (κ2) is 11.5. The molecule has 20 heteroatoms. The lowest BCUT2D eigenvalue weighted by atomic mass is 9.91. The fourth-order valence-corrected chi connectivity index (χ4v) is 8.12. The molecule has 2 aliphatic rings. The van der Waals surface area contributed by atoms with Crippen LogP contribution in [0.25, 0.3) is 10.4 Å². The molecule has 1 aromatic carbocycles. The molecule has 2 fully saturated rings. The summed E-state index contributed by atoms with van der Waals surface area (Å²) < 4.78 is 126. The van der Waals surface area contributed by atoms with Crippen molar-refractivity contribution in [3.63, 3.8) is 0 Å². The van der Waals surface area contributed by atoms with Crippen molar-refractivity contribution in [2.45, 2.75) is 43.3 Å². The number of halogens is 10. The Morgan fingerprint density at radius 1 is 1.07 bits per heavy atom. The molecule has 4 rings (SSSR count). The topological polar surface area (TPSA) is 103 Å². The van der Waals surface area contributed by atoms with Crippen LogP contribution in [0.5, 0.6) is 0 Å². The molecule has 2 aromatic rings. The van der Waals surface area contributed by atoms with Gasteiger partial charge >= 0.3 is 12.4 Å². The molecule has 0 radical (unpaired) electrons. The minimum atomic E-state index is -6.29. The lowest BCUT2D eigenvalue weighted by molar-refractivity contribution is -0.376. The summed E-state index contributed by atoms with van der Waals surface area (Å²) in [7, 11) is -1.17. The van der Waals surface area contributed by atoms with Crippen molar-refractivity contribution >= 4 is 56.1 Å². The van der Waals surface area contributed by atoms with Crippen molar-refractivity contribution in [1.29, 1.82) is 0 Å². The van der Waals surface area contributed by atoms with E-state index >= 15 is 0 Å². The first-order chi connectivity index (χ1) is 20.1. The van der Waals surface area contributed by atoms with Crippen LogP contribution in [0.1, 0.15) is 39.2 Å². The standard InChI is InChI=1S/C24H22Cl2F8N4O4S2/c1-11-9-21(27,28)10-38(11)19(39)16-17(43-18(36-16)20(40)37-5-7-44(42,35-2)8-6-37)12-3-4-13(15(26)14(12)25)22(41,23(29,30)31)24(32,33)34/h3-4,11,41H,5-10H2,1-2H3/t11-/m0/s1. The number of aliphatic hydroxyl groups is 1. The largest absolute Gasteiger partial charge is 0.430 e. The summed E-state index contributed by atoms with van der Waals surface area (Å²) >= 11 is 12.5. The van der Waals surface area contributed by atoms with Gasteiger partial charge < -0.3 is 14.9 Å². The van der Waals surface area contributed by atoms with Crippen LogP contribution < -0.4 is 0 Å². The summed E-state index contributed by atoms with van der Waals surface area (Å²) in [4.78, 5) is 32.6. The summed E-state index contributed by atoms with van der Waals surface area (Å²) in [5.41, 5.74) is -8.36. The van der Waals surface area contributed by atoms with E-state index in [0.717, 1.165) is 4.90 Å². The van der Waals surface area contributed by atoms with Crippen molar-refractivity contribution in [1.82, 2.24) is 14.8 Å². The molecule has 244 valence electrons. The lowest BCUT2D eigenvalue weighted by Crippen LogP contribution is -2.54. The number of likely N-dealkylation sites (tertiary alicyclic amines) is 1. The number of alkyl halides is 8. The number of nitrogens with zero attached hydrogens (tertiary/aromatic N) is 4. The molecule has 1 atom stereocenters. The van der Waals surface area contributed by atoms with E-state index in [2.05, 4.69) is 9.35 Å². The number of thiazole rings is 1. The van der Waals surface area contributed by atoms with E-state index in [0.29, 0.717) is 17.4 Å². The van der Waals surface area contributed by atoms with Gasteiger partial charge in [0.25, 0.3) is 23.3 Å². The Morgan fingerprint density at radius 2 is 1.64 bits per heavy atom. The Bertz CT molecular complexity index is 1590. The molecule has 3 heterocycles. The molecule has 0 unspecified atom stereocenters. The first-order valence-corrected chi connectivity index (χ1v) is 15.9. The van der Waals surface area contributed by atoms with E-state index in [1.54, 1.807) is 0 Å². The number of benzene rings is 1. The maximum absolute atomic E-state index is 14.1. The molecule has 44 heavy (non-hydrogen) atoms. The SMILES string of the molecule is CN=S1(=O)CCN(C(=O)c2nc(C(=O)N3CC(F)(F)C[C@@H]3C)c(-c3ccc(C(O)(C(F)(F)F)C(F)(F)F)c(Cl)c3Cl)s2)CC1. The van der Waals surface area contributed by atoms with Gasteiger partial charge in [0.15, 0.2) is 5.01 Å². The first kappa shape index (κ1) is 34.6. The number of amides is 2. The van der Waals surface area contributed by atoms with Crippen LogP contribution in [0.15, 0.2) is 16.5 Å². The Hall–Kier alpha value is -2.28.